The number of aliphatic hydroxyl groups is 1. The smallest absolute Gasteiger partial charge is 0.205 e. The van der Waals surface area contributed by atoms with Crippen molar-refractivity contribution >= 4 is 23.3 Å². The van der Waals surface area contributed by atoms with E-state index in [0.29, 0.717) is 34.6 Å². The average molecular weight is 461 g/mol. The van der Waals surface area contributed by atoms with E-state index in [-0.39, 0.29) is 24.5 Å². The van der Waals surface area contributed by atoms with Gasteiger partial charge in [-0.1, -0.05) is 60.2 Å². The van der Waals surface area contributed by atoms with Crippen LogP contribution in [-0.4, -0.2) is 37.5 Å². The molecule has 34 heavy (non-hydrogen) atoms. The summed E-state index contributed by atoms with van der Waals surface area (Å²) in [5.41, 5.74) is 9.07. The molecule has 0 aliphatic heterocycles. The van der Waals surface area contributed by atoms with Crippen LogP contribution in [0.15, 0.2) is 78.5 Å². The van der Waals surface area contributed by atoms with Crippen LogP contribution in [0.4, 0.5) is 5.69 Å². The maximum Gasteiger partial charge on any atom is 0.205 e. The van der Waals surface area contributed by atoms with Gasteiger partial charge in [0.05, 0.1) is 19.4 Å². The number of methoxy groups -OCH3 is 1. The first-order valence-electron chi connectivity index (χ1n) is 10.8. The molecule has 176 valence electrons. The molecular formula is C27H28N2O5. The number of allylic oxidation sites excluding steroid dienone is 1. The number of aliphatic hydroxyl groups excluding tert-OH is 1. The van der Waals surface area contributed by atoms with Crippen molar-refractivity contribution in [2.45, 2.75) is 13.0 Å². The maximum absolute atomic E-state index is 13.6. The predicted molar refractivity (Wildman–Crippen MR) is 132 cm³/mol. The van der Waals surface area contributed by atoms with Gasteiger partial charge in [0, 0.05) is 29.5 Å². The van der Waals surface area contributed by atoms with Crippen LogP contribution < -0.4 is 20.5 Å². The van der Waals surface area contributed by atoms with Gasteiger partial charge in [-0.3, -0.25) is 9.59 Å². The van der Waals surface area contributed by atoms with Crippen LogP contribution in [0.1, 0.15) is 22.7 Å². The van der Waals surface area contributed by atoms with Gasteiger partial charge in [0.25, 0.3) is 0 Å². The molecule has 0 saturated carbocycles. The number of rotatable bonds is 11. The SMILES string of the molecule is COc1cc(NC(C(=O)C(N)=C(C=O)c2ccccc2)c2ccc(C)cc2)cc(OCCO)c1. The van der Waals surface area contributed by atoms with Gasteiger partial charge < -0.3 is 25.6 Å². The van der Waals surface area contributed by atoms with Gasteiger partial charge in [-0.15, -0.1) is 0 Å². The number of nitrogens with one attached hydrogen (secondary N) is 1. The van der Waals surface area contributed by atoms with Crippen molar-refractivity contribution < 1.29 is 24.2 Å². The Morgan fingerprint density at radius 1 is 1.06 bits per heavy atom. The molecule has 1 unspecified atom stereocenters. The van der Waals surface area contributed by atoms with Crippen molar-refractivity contribution in [3.8, 4) is 11.5 Å². The van der Waals surface area contributed by atoms with Crippen LogP contribution in [0.5, 0.6) is 11.5 Å². The standard InChI is InChI=1S/C27H28N2O5/c1-18-8-10-20(11-9-18)26(27(32)25(28)24(17-31)19-6-4-3-5-7-19)29-21-14-22(33-2)16-23(15-21)34-13-12-30/h3-11,14-17,26,29-30H,12-13,28H2,1-2H3. The summed E-state index contributed by atoms with van der Waals surface area (Å²) in [4.78, 5) is 25.5. The number of anilines is 1. The van der Waals surface area contributed by atoms with E-state index >= 15 is 0 Å². The topological polar surface area (TPSA) is 111 Å². The number of carbonyl (C=O) groups is 2. The number of hydrogen-bond acceptors (Lipinski definition) is 7. The first kappa shape index (κ1) is 24.5. The van der Waals surface area contributed by atoms with Crippen molar-refractivity contribution in [3.05, 3.63) is 95.2 Å². The third-order valence-corrected chi connectivity index (χ3v) is 5.22. The van der Waals surface area contributed by atoms with Crippen molar-refractivity contribution in [3.63, 3.8) is 0 Å². The number of benzene rings is 3. The fourth-order valence-electron chi connectivity index (χ4n) is 3.44. The highest BCUT2D eigenvalue weighted by Crippen LogP contribution is 2.31. The number of hydrogen-bond donors (Lipinski definition) is 3. The van der Waals surface area contributed by atoms with E-state index in [9.17, 15) is 9.59 Å². The van der Waals surface area contributed by atoms with Crippen molar-refractivity contribution in [1.29, 1.82) is 0 Å². The van der Waals surface area contributed by atoms with E-state index in [1.54, 1.807) is 42.5 Å². The summed E-state index contributed by atoms with van der Waals surface area (Å²) >= 11 is 0. The third-order valence-electron chi connectivity index (χ3n) is 5.22. The lowest BCUT2D eigenvalue weighted by Gasteiger charge is -2.21. The fourth-order valence-corrected chi connectivity index (χ4v) is 3.44. The Bertz CT molecular complexity index is 1160. The summed E-state index contributed by atoms with van der Waals surface area (Å²) in [7, 11) is 1.52. The molecule has 3 aromatic rings. The second-order valence-corrected chi connectivity index (χ2v) is 7.63. The number of aldehydes is 1. The molecule has 0 bridgehead atoms. The van der Waals surface area contributed by atoms with Crippen LogP contribution in [0, 0.1) is 6.92 Å². The zero-order valence-corrected chi connectivity index (χ0v) is 19.2. The van der Waals surface area contributed by atoms with Crippen molar-refractivity contribution in [2.24, 2.45) is 5.73 Å². The molecule has 7 heteroatoms. The lowest BCUT2D eigenvalue weighted by molar-refractivity contribution is -0.116. The lowest BCUT2D eigenvalue weighted by Crippen LogP contribution is -2.27. The number of carbonyl (C=O) groups excluding carboxylic acids is 2. The van der Waals surface area contributed by atoms with E-state index in [2.05, 4.69) is 5.32 Å². The van der Waals surface area contributed by atoms with E-state index in [1.807, 2.05) is 37.3 Å². The minimum absolute atomic E-state index is 0.113. The van der Waals surface area contributed by atoms with E-state index in [1.165, 1.54) is 7.11 Å². The molecular weight excluding hydrogens is 432 g/mol. The van der Waals surface area contributed by atoms with Crippen LogP contribution in [0.2, 0.25) is 0 Å². The number of Topliss-reactive ketones (excluding diaryl/α,β-unsaturated/α-hetero) is 1. The molecule has 0 heterocycles. The van der Waals surface area contributed by atoms with Gasteiger partial charge in [-0.05, 0) is 18.1 Å². The number of ketones is 1. The van der Waals surface area contributed by atoms with Crippen molar-refractivity contribution in [1.82, 2.24) is 0 Å². The molecule has 3 rings (SSSR count). The van der Waals surface area contributed by atoms with Gasteiger partial charge in [0.15, 0.2) is 6.29 Å². The first-order chi connectivity index (χ1) is 16.5. The highest BCUT2D eigenvalue weighted by Gasteiger charge is 2.25. The normalized spacial score (nSPS) is 12.3. The Balaban J connectivity index is 2.05. The number of aryl methyl sites for hydroxylation is 1. The van der Waals surface area contributed by atoms with Gasteiger partial charge in [-0.25, -0.2) is 0 Å². The van der Waals surface area contributed by atoms with Gasteiger partial charge >= 0.3 is 0 Å². The lowest BCUT2D eigenvalue weighted by atomic mass is 9.95. The Kier molecular flexibility index (Phi) is 8.43. The summed E-state index contributed by atoms with van der Waals surface area (Å²) in [6, 6.07) is 20.5. The Morgan fingerprint density at radius 2 is 1.74 bits per heavy atom. The summed E-state index contributed by atoms with van der Waals surface area (Å²) < 4.78 is 10.9. The number of ether oxygens (including phenoxy) is 2. The summed E-state index contributed by atoms with van der Waals surface area (Å²) in [6.07, 6.45) is 0.598. The zero-order valence-electron chi connectivity index (χ0n) is 19.2. The third kappa shape index (κ3) is 6.02. The van der Waals surface area contributed by atoms with E-state index in [0.717, 1.165) is 5.56 Å². The maximum atomic E-state index is 13.6. The summed E-state index contributed by atoms with van der Waals surface area (Å²) in [5, 5.41) is 12.3. The fraction of sp³-hybridized carbons (Fsp3) is 0.185. The molecule has 0 spiro atoms. The highest BCUT2D eigenvalue weighted by molar-refractivity contribution is 6.18. The molecule has 0 fully saturated rings. The van der Waals surface area contributed by atoms with E-state index in [4.69, 9.17) is 20.3 Å². The minimum atomic E-state index is -0.878. The molecule has 1 atom stereocenters. The number of nitrogens with two attached hydrogens (primary N) is 1. The minimum Gasteiger partial charge on any atom is -0.497 e. The van der Waals surface area contributed by atoms with Gasteiger partial charge in [0.1, 0.15) is 24.1 Å². The monoisotopic (exact) mass is 460 g/mol. The molecule has 4 N–H and O–H groups in total. The Hall–Kier alpha value is -4.10. The molecule has 0 aliphatic carbocycles. The quantitative estimate of drug-likeness (QED) is 0.296. The second-order valence-electron chi connectivity index (χ2n) is 7.63. The molecule has 0 amide bonds. The van der Waals surface area contributed by atoms with Crippen LogP contribution in [0.25, 0.3) is 5.57 Å². The molecule has 0 aliphatic rings. The van der Waals surface area contributed by atoms with Crippen LogP contribution in [0.3, 0.4) is 0 Å². The first-order valence-corrected chi connectivity index (χ1v) is 10.8. The largest absolute Gasteiger partial charge is 0.497 e. The molecule has 0 saturated heterocycles. The average Bonchev–Trinajstić information content (AvgIpc) is 2.87. The molecule has 3 aromatic carbocycles. The van der Waals surface area contributed by atoms with Crippen LogP contribution >= 0.6 is 0 Å². The molecule has 7 nitrogen and oxygen atoms in total. The summed E-state index contributed by atoms with van der Waals surface area (Å²) in [6.45, 7) is 1.93. The second kappa shape index (κ2) is 11.7. The predicted octanol–water partition coefficient (Wildman–Crippen LogP) is 3.67. The van der Waals surface area contributed by atoms with Gasteiger partial charge in [0.2, 0.25) is 5.78 Å². The highest BCUT2D eigenvalue weighted by atomic mass is 16.5. The summed E-state index contributed by atoms with van der Waals surface area (Å²) in [5.74, 6) is 0.525. The van der Waals surface area contributed by atoms with Crippen LogP contribution in [-0.2, 0) is 9.59 Å². The van der Waals surface area contributed by atoms with Crippen molar-refractivity contribution in [2.75, 3.05) is 25.6 Å². The Morgan fingerprint density at radius 3 is 2.35 bits per heavy atom. The zero-order chi connectivity index (χ0) is 24.5. The van der Waals surface area contributed by atoms with Gasteiger partial charge in [-0.2, -0.15) is 0 Å². The Labute approximate surface area is 198 Å². The molecule has 0 aromatic heterocycles. The molecule has 0 radical (unpaired) electrons. The van der Waals surface area contributed by atoms with E-state index < -0.39 is 11.8 Å².